The van der Waals surface area contributed by atoms with E-state index in [0.29, 0.717) is 17.8 Å². The van der Waals surface area contributed by atoms with Gasteiger partial charge in [0, 0.05) is 36.5 Å². The van der Waals surface area contributed by atoms with E-state index in [9.17, 15) is 0 Å². The molecule has 0 N–H and O–H groups in total. The van der Waals surface area contributed by atoms with Crippen LogP contribution in [0.25, 0.3) is 23.6 Å². The van der Waals surface area contributed by atoms with Crippen LogP contribution in [0.3, 0.4) is 0 Å². The predicted molar refractivity (Wildman–Crippen MR) is 125 cm³/mol. The van der Waals surface area contributed by atoms with E-state index in [1.165, 1.54) is 12.1 Å². The minimum absolute atomic E-state index is 0.164. The highest BCUT2D eigenvalue weighted by Gasteiger charge is 2.24. The van der Waals surface area contributed by atoms with E-state index in [0.717, 1.165) is 30.0 Å². The van der Waals surface area contributed by atoms with Crippen LogP contribution in [0.5, 0.6) is 5.75 Å². The fourth-order valence-electron chi connectivity index (χ4n) is 3.73. The highest BCUT2D eigenvalue weighted by atomic mass is 16.5. The fourth-order valence-corrected chi connectivity index (χ4v) is 3.73. The zero-order valence-electron chi connectivity index (χ0n) is 18.7. The normalized spacial score (nSPS) is 16.7. The third-order valence-electron chi connectivity index (χ3n) is 5.48. The molecule has 1 unspecified atom stereocenters. The lowest BCUT2D eigenvalue weighted by atomic mass is 10.2. The highest BCUT2D eigenvalue weighted by molar-refractivity contribution is 5.67. The summed E-state index contributed by atoms with van der Waals surface area (Å²) in [6.07, 6.45) is 5.14. The Kier molecular flexibility index (Phi) is 6.37. The van der Waals surface area contributed by atoms with Crippen LogP contribution >= 0.6 is 0 Å². The predicted octanol–water partition coefficient (Wildman–Crippen LogP) is 4.83. The molecule has 0 saturated carbocycles. The molecule has 1 fully saturated rings. The lowest BCUT2D eigenvalue weighted by molar-refractivity contribution is 0.242. The first-order valence-electron chi connectivity index (χ1n) is 10.8. The topological polar surface area (TPSA) is 54.6 Å². The van der Waals surface area contributed by atoms with Crippen molar-refractivity contribution >= 4 is 17.8 Å². The van der Waals surface area contributed by atoms with Crippen molar-refractivity contribution in [2.45, 2.75) is 32.4 Å². The molecule has 1 saturated heterocycles. The van der Waals surface area contributed by atoms with E-state index >= 15 is 0 Å². The first kappa shape index (κ1) is 21.1. The van der Waals surface area contributed by atoms with Gasteiger partial charge < -0.3 is 19.0 Å². The molecule has 0 spiro atoms. The van der Waals surface area contributed by atoms with Gasteiger partial charge in [-0.1, -0.05) is 12.1 Å². The van der Waals surface area contributed by atoms with Gasteiger partial charge in [0.15, 0.2) is 0 Å². The van der Waals surface area contributed by atoms with E-state index in [1.807, 2.05) is 62.4 Å². The quantitative estimate of drug-likeness (QED) is 0.548. The summed E-state index contributed by atoms with van der Waals surface area (Å²) in [5.41, 5.74) is 3.20. The van der Waals surface area contributed by atoms with E-state index < -0.39 is 0 Å². The zero-order valence-corrected chi connectivity index (χ0v) is 18.7. The van der Waals surface area contributed by atoms with Crippen molar-refractivity contribution in [2.75, 3.05) is 32.1 Å². The van der Waals surface area contributed by atoms with Gasteiger partial charge in [0.1, 0.15) is 5.75 Å². The van der Waals surface area contributed by atoms with Gasteiger partial charge >= 0.3 is 0 Å². The number of benzene rings is 2. The van der Waals surface area contributed by atoms with Crippen LogP contribution in [0.1, 0.15) is 31.7 Å². The van der Waals surface area contributed by atoms with Gasteiger partial charge in [-0.05, 0) is 82.4 Å². The molecule has 0 radical (unpaired) electrons. The molecule has 1 aliphatic rings. The Morgan fingerprint density at radius 3 is 2.42 bits per heavy atom. The Labute approximate surface area is 184 Å². The SMILES string of the molecule is CC(C)Oc1ccc(C=Cc2nnc(-c3ccc(N4CCC(N(C)C)C4)cc3)o2)cc1. The Bertz CT molecular complexity index is 1010. The monoisotopic (exact) mass is 418 g/mol. The number of hydrogen-bond acceptors (Lipinski definition) is 6. The second kappa shape index (κ2) is 9.35. The molecular weight excluding hydrogens is 388 g/mol. The Balaban J connectivity index is 1.39. The maximum absolute atomic E-state index is 5.83. The molecule has 3 aromatic rings. The number of ether oxygens (including phenoxy) is 1. The van der Waals surface area contributed by atoms with Gasteiger partial charge in [-0.3, -0.25) is 0 Å². The molecular formula is C25H30N4O2. The molecule has 2 aromatic carbocycles. The molecule has 1 aromatic heterocycles. The summed E-state index contributed by atoms with van der Waals surface area (Å²) in [6, 6.07) is 16.9. The lowest BCUT2D eigenvalue weighted by Crippen LogP contribution is -2.31. The van der Waals surface area contributed by atoms with Crippen molar-refractivity contribution in [2.24, 2.45) is 0 Å². The zero-order chi connectivity index (χ0) is 21.8. The van der Waals surface area contributed by atoms with Gasteiger partial charge in [-0.25, -0.2) is 0 Å². The molecule has 2 heterocycles. The van der Waals surface area contributed by atoms with E-state index in [4.69, 9.17) is 9.15 Å². The maximum Gasteiger partial charge on any atom is 0.248 e. The number of nitrogens with zero attached hydrogens (tertiary/aromatic N) is 4. The third kappa shape index (κ3) is 5.33. The van der Waals surface area contributed by atoms with Crippen LogP contribution < -0.4 is 9.64 Å². The van der Waals surface area contributed by atoms with Crippen molar-refractivity contribution in [3.8, 4) is 17.2 Å². The van der Waals surface area contributed by atoms with Crippen LogP contribution in [0.4, 0.5) is 5.69 Å². The average molecular weight is 419 g/mol. The van der Waals surface area contributed by atoms with Crippen LogP contribution in [0.2, 0.25) is 0 Å². The summed E-state index contributed by atoms with van der Waals surface area (Å²) in [4.78, 5) is 4.73. The number of aromatic nitrogens is 2. The van der Waals surface area contributed by atoms with E-state index in [1.54, 1.807) is 0 Å². The maximum atomic E-state index is 5.83. The molecule has 1 aliphatic heterocycles. The van der Waals surface area contributed by atoms with Gasteiger partial charge in [-0.15, -0.1) is 10.2 Å². The van der Waals surface area contributed by atoms with Crippen molar-refractivity contribution < 1.29 is 9.15 Å². The van der Waals surface area contributed by atoms with Gasteiger partial charge in [-0.2, -0.15) is 0 Å². The standard InChI is InChI=1S/C25H30N4O2/c1-18(2)30-23-12-5-19(6-13-23)7-14-24-26-27-25(31-24)20-8-10-21(11-9-20)29-16-15-22(17-29)28(3)4/h5-14,18,22H,15-17H2,1-4H3. The minimum atomic E-state index is 0.164. The van der Waals surface area contributed by atoms with Crippen LogP contribution in [0, 0.1) is 0 Å². The molecule has 0 aliphatic carbocycles. The number of rotatable bonds is 7. The molecule has 0 amide bonds. The second-order valence-corrected chi connectivity index (χ2v) is 8.41. The Morgan fingerprint density at radius 2 is 1.77 bits per heavy atom. The van der Waals surface area contributed by atoms with Gasteiger partial charge in [0.25, 0.3) is 0 Å². The van der Waals surface area contributed by atoms with Gasteiger partial charge in [0.05, 0.1) is 6.10 Å². The molecule has 4 rings (SSSR count). The van der Waals surface area contributed by atoms with E-state index in [2.05, 4.69) is 46.2 Å². The van der Waals surface area contributed by atoms with Crippen molar-refractivity contribution in [1.29, 1.82) is 0 Å². The third-order valence-corrected chi connectivity index (χ3v) is 5.48. The summed E-state index contributed by atoms with van der Waals surface area (Å²) in [7, 11) is 4.30. The molecule has 0 bridgehead atoms. The molecule has 1 atom stereocenters. The molecule has 162 valence electrons. The first-order valence-corrected chi connectivity index (χ1v) is 10.8. The summed E-state index contributed by atoms with van der Waals surface area (Å²) in [5, 5.41) is 8.35. The number of likely N-dealkylation sites (N-methyl/N-ethyl adjacent to an activating group) is 1. The first-order chi connectivity index (χ1) is 15.0. The van der Waals surface area contributed by atoms with Crippen molar-refractivity contribution in [3.05, 3.63) is 60.0 Å². The lowest BCUT2D eigenvalue weighted by Gasteiger charge is -2.21. The molecule has 6 nitrogen and oxygen atoms in total. The van der Waals surface area contributed by atoms with E-state index in [-0.39, 0.29) is 6.10 Å². The summed E-state index contributed by atoms with van der Waals surface area (Å²) in [5.74, 6) is 1.87. The largest absolute Gasteiger partial charge is 0.491 e. The van der Waals surface area contributed by atoms with Crippen LogP contribution in [-0.4, -0.2) is 54.4 Å². The number of anilines is 1. The number of hydrogen-bond donors (Lipinski definition) is 0. The average Bonchev–Trinajstić information content (AvgIpc) is 3.43. The van der Waals surface area contributed by atoms with Crippen LogP contribution in [0.15, 0.2) is 52.9 Å². The van der Waals surface area contributed by atoms with Crippen LogP contribution in [-0.2, 0) is 0 Å². The smallest absolute Gasteiger partial charge is 0.248 e. The Morgan fingerprint density at radius 1 is 1.03 bits per heavy atom. The summed E-state index contributed by atoms with van der Waals surface area (Å²) in [6.45, 7) is 6.18. The van der Waals surface area contributed by atoms with Crippen molar-refractivity contribution in [1.82, 2.24) is 15.1 Å². The summed E-state index contributed by atoms with van der Waals surface area (Å²) >= 11 is 0. The van der Waals surface area contributed by atoms with Gasteiger partial charge in [0.2, 0.25) is 11.8 Å². The Hall–Kier alpha value is -3.12. The molecule has 6 heteroatoms. The summed E-state index contributed by atoms with van der Waals surface area (Å²) < 4.78 is 11.5. The minimum Gasteiger partial charge on any atom is -0.491 e. The fraction of sp³-hybridized carbons (Fsp3) is 0.360. The highest BCUT2D eigenvalue weighted by Crippen LogP contribution is 2.26. The second-order valence-electron chi connectivity index (χ2n) is 8.41. The molecule has 31 heavy (non-hydrogen) atoms. The van der Waals surface area contributed by atoms with Crippen molar-refractivity contribution in [3.63, 3.8) is 0 Å².